The smallest absolute Gasteiger partial charge is 0.407 e. The lowest BCUT2D eigenvalue weighted by Crippen LogP contribution is -2.44. The first-order chi connectivity index (χ1) is 12.7. The molecule has 0 bridgehead atoms. The second kappa shape index (κ2) is 10.7. The van der Waals surface area contributed by atoms with Crippen molar-refractivity contribution in [1.29, 1.82) is 0 Å². The lowest BCUT2D eigenvalue weighted by Gasteiger charge is -2.23. The van der Waals surface area contributed by atoms with Crippen molar-refractivity contribution in [2.75, 3.05) is 27.2 Å². The molecule has 1 amide bonds. The number of aryl methyl sites for hydroxylation is 1. The van der Waals surface area contributed by atoms with E-state index in [0.717, 1.165) is 35.8 Å². The van der Waals surface area contributed by atoms with Gasteiger partial charge in [-0.3, -0.25) is 4.99 Å². The van der Waals surface area contributed by atoms with Gasteiger partial charge in [-0.05, 0) is 51.3 Å². The first-order valence-corrected chi connectivity index (χ1v) is 9.30. The molecule has 1 fully saturated rings. The molecule has 1 aliphatic rings. The van der Waals surface area contributed by atoms with E-state index in [2.05, 4.69) is 32.7 Å². The van der Waals surface area contributed by atoms with Gasteiger partial charge in [0.25, 0.3) is 0 Å². The summed E-state index contributed by atoms with van der Waals surface area (Å²) < 4.78 is 10.7. The van der Waals surface area contributed by atoms with Crippen LogP contribution in [0.2, 0.25) is 0 Å². The van der Waals surface area contributed by atoms with Crippen molar-refractivity contribution in [3.63, 3.8) is 0 Å². The Kier molecular flexibility index (Phi) is 9.32. The molecule has 1 saturated heterocycles. The molecule has 28 heavy (non-hydrogen) atoms. The minimum atomic E-state index is -0.491. The van der Waals surface area contributed by atoms with Crippen LogP contribution in [0, 0.1) is 6.92 Å². The van der Waals surface area contributed by atoms with Crippen molar-refractivity contribution >= 4 is 36.0 Å². The first-order valence-electron chi connectivity index (χ1n) is 9.30. The van der Waals surface area contributed by atoms with Gasteiger partial charge in [-0.25, -0.2) is 4.79 Å². The molecule has 7 nitrogen and oxygen atoms in total. The number of nitrogens with one attached hydrogen (secondary N) is 2. The Morgan fingerprint density at radius 2 is 2.07 bits per heavy atom. The van der Waals surface area contributed by atoms with E-state index in [-0.39, 0.29) is 36.1 Å². The summed E-state index contributed by atoms with van der Waals surface area (Å²) in [6.07, 6.45) is 0.488. The summed E-state index contributed by atoms with van der Waals surface area (Å²) in [6, 6.07) is 6.22. The maximum absolute atomic E-state index is 11.9. The molecule has 1 unspecified atom stereocenters. The third kappa shape index (κ3) is 7.37. The standard InChI is InChI=1S/C20H32N4O3.HI/c1-14-7-8-15(11-17(14)26-6)12-22-18(21-5)24-10-9-16(13-24)23-19(25)27-20(2,3)4;/h7-8,11,16H,9-10,12-13H2,1-6H3,(H,21,22)(H,23,25);1H. The molecule has 1 aromatic carbocycles. The molecule has 0 saturated carbocycles. The van der Waals surface area contributed by atoms with Crippen LogP contribution in [0.3, 0.4) is 0 Å². The van der Waals surface area contributed by atoms with Gasteiger partial charge in [0.05, 0.1) is 13.2 Å². The van der Waals surface area contributed by atoms with Crippen molar-refractivity contribution in [3.05, 3.63) is 29.3 Å². The van der Waals surface area contributed by atoms with Gasteiger partial charge < -0.3 is 25.0 Å². The number of hydrogen-bond acceptors (Lipinski definition) is 4. The third-order valence-corrected chi connectivity index (χ3v) is 4.34. The van der Waals surface area contributed by atoms with Crippen molar-refractivity contribution in [1.82, 2.24) is 15.5 Å². The number of alkyl carbamates (subject to hydrolysis) is 1. The van der Waals surface area contributed by atoms with Crippen molar-refractivity contribution < 1.29 is 14.3 Å². The minimum Gasteiger partial charge on any atom is -0.496 e. The van der Waals surface area contributed by atoms with E-state index >= 15 is 0 Å². The number of guanidine groups is 1. The largest absolute Gasteiger partial charge is 0.496 e. The number of likely N-dealkylation sites (tertiary alicyclic amines) is 1. The lowest BCUT2D eigenvalue weighted by molar-refractivity contribution is 0.0507. The Morgan fingerprint density at radius 3 is 2.68 bits per heavy atom. The first kappa shape index (κ1) is 24.3. The van der Waals surface area contributed by atoms with Gasteiger partial charge in [0, 0.05) is 26.7 Å². The van der Waals surface area contributed by atoms with Crippen LogP contribution < -0.4 is 15.4 Å². The molecule has 0 aromatic heterocycles. The van der Waals surface area contributed by atoms with Gasteiger partial charge in [-0.2, -0.15) is 0 Å². The van der Waals surface area contributed by atoms with Gasteiger partial charge in [0.15, 0.2) is 5.96 Å². The van der Waals surface area contributed by atoms with Gasteiger partial charge >= 0.3 is 6.09 Å². The van der Waals surface area contributed by atoms with Crippen LogP contribution in [0.25, 0.3) is 0 Å². The molecule has 2 rings (SSSR count). The van der Waals surface area contributed by atoms with E-state index in [1.54, 1.807) is 14.2 Å². The monoisotopic (exact) mass is 504 g/mol. The van der Waals surface area contributed by atoms with Crippen molar-refractivity contribution in [2.45, 2.75) is 52.3 Å². The zero-order valence-electron chi connectivity index (χ0n) is 17.7. The van der Waals surface area contributed by atoms with Crippen LogP contribution in [0.1, 0.15) is 38.3 Å². The number of halogens is 1. The van der Waals surface area contributed by atoms with E-state index < -0.39 is 5.60 Å². The number of ether oxygens (including phenoxy) is 2. The molecule has 2 N–H and O–H groups in total. The van der Waals surface area contributed by atoms with Crippen LogP contribution in [-0.4, -0.2) is 55.8 Å². The summed E-state index contributed by atoms with van der Waals surface area (Å²) in [5.41, 5.74) is 1.75. The zero-order chi connectivity index (χ0) is 20.0. The minimum absolute atomic E-state index is 0. The highest BCUT2D eigenvalue weighted by atomic mass is 127. The SMILES string of the molecule is CN=C(NCc1ccc(C)c(OC)c1)N1CCC(NC(=O)OC(C)(C)C)C1.I. The summed E-state index contributed by atoms with van der Waals surface area (Å²) in [5, 5.41) is 6.32. The van der Waals surface area contributed by atoms with E-state index in [1.165, 1.54) is 0 Å². The predicted molar refractivity (Wildman–Crippen MR) is 123 cm³/mol. The van der Waals surface area contributed by atoms with E-state index in [9.17, 15) is 4.79 Å². The number of amides is 1. The predicted octanol–water partition coefficient (Wildman–Crippen LogP) is 3.30. The number of methoxy groups -OCH3 is 1. The molecular weight excluding hydrogens is 471 g/mol. The molecule has 0 aliphatic carbocycles. The Labute approximate surface area is 185 Å². The Hall–Kier alpha value is -1.71. The number of nitrogens with zero attached hydrogens (tertiary/aromatic N) is 2. The topological polar surface area (TPSA) is 75.2 Å². The van der Waals surface area contributed by atoms with Gasteiger partial charge in [-0.15, -0.1) is 24.0 Å². The van der Waals surface area contributed by atoms with Crippen molar-refractivity contribution in [2.24, 2.45) is 4.99 Å². The average Bonchev–Trinajstić information content (AvgIpc) is 3.03. The van der Waals surface area contributed by atoms with Crippen LogP contribution in [0.5, 0.6) is 5.75 Å². The summed E-state index contributed by atoms with van der Waals surface area (Å²) in [5.74, 6) is 1.70. The molecule has 1 heterocycles. The van der Waals surface area contributed by atoms with E-state index in [0.29, 0.717) is 13.1 Å². The number of carbonyl (C=O) groups is 1. The quantitative estimate of drug-likeness (QED) is 0.374. The lowest BCUT2D eigenvalue weighted by atomic mass is 10.1. The Morgan fingerprint density at radius 1 is 1.36 bits per heavy atom. The summed E-state index contributed by atoms with van der Waals surface area (Å²) in [6.45, 7) is 9.80. The second-order valence-corrected chi connectivity index (χ2v) is 7.78. The van der Waals surface area contributed by atoms with Gasteiger partial charge in [0.1, 0.15) is 11.4 Å². The third-order valence-electron chi connectivity index (χ3n) is 4.34. The van der Waals surface area contributed by atoms with E-state index in [1.807, 2.05) is 33.8 Å². The normalized spacial score (nSPS) is 17.0. The molecule has 0 spiro atoms. The fraction of sp³-hybridized carbons (Fsp3) is 0.600. The second-order valence-electron chi connectivity index (χ2n) is 7.78. The number of carbonyl (C=O) groups excluding carboxylic acids is 1. The fourth-order valence-electron chi connectivity index (χ4n) is 3.03. The molecule has 8 heteroatoms. The molecule has 158 valence electrons. The highest BCUT2D eigenvalue weighted by Gasteiger charge is 2.27. The highest BCUT2D eigenvalue weighted by Crippen LogP contribution is 2.19. The number of hydrogen-bond donors (Lipinski definition) is 2. The van der Waals surface area contributed by atoms with E-state index in [4.69, 9.17) is 9.47 Å². The highest BCUT2D eigenvalue weighted by molar-refractivity contribution is 14.0. The Bertz CT molecular complexity index is 689. The van der Waals surface area contributed by atoms with Crippen LogP contribution in [0.4, 0.5) is 4.79 Å². The molecule has 1 aromatic rings. The fourth-order valence-corrected chi connectivity index (χ4v) is 3.03. The van der Waals surface area contributed by atoms with Crippen molar-refractivity contribution in [3.8, 4) is 5.75 Å². The summed E-state index contributed by atoms with van der Waals surface area (Å²) in [4.78, 5) is 18.5. The summed E-state index contributed by atoms with van der Waals surface area (Å²) in [7, 11) is 3.45. The number of rotatable bonds is 4. The molecule has 1 atom stereocenters. The Balaban J connectivity index is 0.00000392. The molecule has 0 radical (unpaired) electrons. The number of benzene rings is 1. The average molecular weight is 504 g/mol. The van der Waals surface area contributed by atoms with Crippen LogP contribution in [0.15, 0.2) is 23.2 Å². The molecular formula is C20H33IN4O3. The summed E-state index contributed by atoms with van der Waals surface area (Å²) >= 11 is 0. The van der Waals surface area contributed by atoms with Gasteiger partial charge in [0.2, 0.25) is 0 Å². The zero-order valence-corrected chi connectivity index (χ0v) is 20.0. The maximum atomic E-state index is 11.9. The van der Waals surface area contributed by atoms with Crippen LogP contribution >= 0.6 is 24.0 Å². The maximum Gasteiger partial charge on any atom is 0.407 e. The van der Waals surface area contributed by atoms with Gasteiger partial charge in [-0.1, -0.05) is 12.1 Å². The molecule has 1 aliphatic heterocycles. The number of aliphatic imine (C=N–C) groups is 1. The van der Waals surface area contributed by atoms with Crippen LogP contribution in [-0.2, 0) is 11.3 Å².